The summed E-state index contributed by atoms with van der Waals surface area (Å²) in [5, 5.41) is 0. The number of carbonyl (C=O) groups is 2. The Hall–Kier alpha value is -1.98. The van der Waals surface area contributed by atoms with Crippen LogP contribution in [-0.4, -0.2) is 43.2 Å². The molecule has 0 heterocycles. The van der Waals surface area contributed by atoms with Gasteiger partial charge in [-0.05, 0) is 81.9 Å². The molecule has 2 rings (SSSR count). The molecule has 0 saturated carbocycles. The average Bonchev–Trinajstić information content (AvgIpc) is 2.67. The van der Waals surface area contributed by atoms with Crippen LogP contribution in [0, 0.1) is 0 Å². The highest BCUT2D eigenvalue weighted by molar-refractivity contribution is 9.10. The van der Waals surface area contributed by atoms with Crippen LogP contribution < -0.4 is 4.74 Å². The first-order valence-corrected chi connectivity index (χ1v) is 10.5. The standard InChI is InChI=1S/C23H28BrNO3/c1-18(26)17-25(2)15-5-3-4-6-16-28-22-13-9-20(10-14-22)23(27)19-7-11-21(24)12-8-19/h7-14H,3-6,15-17H2,1-2H3. The summed E-state index contributed by atoms with van der Waals surface area (Å²) in [5.74, 6) is 1.00. The van der Waals surface area contributed by atoms with Gasteiger partial charge in [-0.1, -0.05) is 28.8 Å². The molecule has 28 heavy (non-hydrogen) atoms. The molecule has 0 amide bonds. The van der Waals surface area contributed by atoms with Gasteiger partial charge in [0.05, 0.1) is 13.2 Å². The molecule has 150 valence electrons. The van der Waals surface area contributed by atoms with Crippen molar-refractivity contribution in [3.05, 3.63) is 64.1 Å². The lowest BCUT2D eigenvalue weighted by atomic mass is 10.0. The number of hydrogen-bond acceptors (Lipinski definition) is 4. The molecule has 0 radical (unpaired) electrons. The first kappa shape index (κ1) is 22.3. The summed E-state index contributed by atoms with van der Waals surface area (Å²) in [5.41, 5.74) is 1.33. The Balaban J connectivity index is 1.65. The molecule has 2 aromatic carbocycles. The Bertz CT molecular complexity index is 756. The maximum atomic E-state index is 12.5. The summed E-state index contributed by atoms with van der Waals surface area (Å²) < 4.78 is 6.72. The molecule has 0 unspecified atom stereocenters. The first-order chi connectivity index (χ1) is 13.5. The van der Waals surface area contributed by atoms with Gasteiger partial charge in [0, 0.05) is 15.6 Å². The van der Waals surface area contributed by atoms with Crippen LogP contribution in [0.4, 0.5) is 0 Å². The van der Waals surface area contributed by atoms with Crippen molar-refractivity contribution in [3.63, 3.8) is 0 Å². The lowest BCUT2D eigenvalue weighted by molar-refractivity contribution is -0.117. The van der Waals surface area contributed by atoms with E-state index in [0.29, 0.717) is 24.3 Å². The van der Waals surface area contributed by atoms with Crippen LogP contribution >= 0.6 is 15.9 Å². The SMILES string of the molecule is CC(=O)CN(C)CCCCCCOc1ccc(C(=O)c2ccc(Br)cc2)cc1. The normalized spacial score (nSPS) is 10.9. The van der Waals surface area contributed by atoms with Crippen LogP contribution in [0.15, 0.2) is 53.0 Å². The van der Waals surface area contributed by atoms with E-state index in [2.05, 4.69) is 20.8 Å². The third-order valence-electron chi connectivity index (χ3n) is 4.42. The predicted octanol–water partition coefficient (Wildman–Crippen LogP) is 5.14. The number of rotatable bonds is 12. The lowest BCUT2D eigenvalue weighted by Gasteiger charge is -2.14. The Morgan fingerprint density at radius 3 is 2.07 bits per heavy atom. The maximum absolute atomic E-state index is 12.5. The Morgan fingerprint density at radius 1 is 0.893 bits per heavy atom. The van der Waals surface area contributed by atoms with Crippen molar-refractivity contribution in [3.8, 4) is 5.75 Å². The Kier molecular flexibility index (Phi) is 9.38. The number of unbranched alkanes of at least 4 members (excludes halogenated alkanes) is 3. The fourth-order valence-electron chi connectivity index (χ4n) is 2.96. The quantitative estimate of drug-likeness (QED) is 0.335. The third kappa shape index (κ3) is 7.95. The van der Waals surface area contributed by atoms with Crippen molar-refractivity contribution in [2.75, 3.05) is 26.7 Å². The van der Waals surface area contributed by atoms with Crippen molar-refractivity contribution < 1.29 is 14.3 Å². The topological polar surface area (TPSA) is 46.6 Å². The van der Waals surface area contributed by atoms with Crippen LogP contribution in [0.25, 0.3) is 0 Å². The minimum absolute atomic E-state index is 0.00814. The van der Waals surface area contributed by atoms with Gasteiger partial charge in [0.1, 0.15) is 11.5 Å². The number of carbonyl (C=O) groups excluding carboxylic acids is 2. The number of ether oxygens (including phenoxy) is 1. The monoisotopic (exact) mass is 445 g/mol. The van der Waals surface area contributed by atoms with Crippen LogP contribution in [0.5, 0.6) is 5.75 Å². The van der Waals surface area contributed by atoms with Gasteiger partial charge < -0.3 is 4.74 Å². The van der Waals surface area contributed by atoms with E-state index in [-0.39, 0.29) is 11.6 Å². The zero-order valence-corrected chi connectivity index (χ0v) is 18.2. The van der Waals surface area contributed by atoms with Crippen molar-refractivity contribution in [2.45, 2.75) is 32.6 Å². The zero-order chi connectivity index (χ0) is 20.4. The van der Waals surface area contributed by atoms with Gasteiger partial charge in [0.15, 0.2) is 5.78 Å². The first-order valence-electron chi connectivity index (χ1n) is 9.67. The highest BCUT2D eigenvalue weighted by Crippen LogP contribution is 2.18. The minimum Gasteiger partial charge on any atom is -0.494 e. The highest BCUT2D eigenvalue weighted by atomic mass is 79.9. The van der Waals surface area contributed by atoms with Gasteiger partial charge in [-0.2, -0.15) is 0 Å². The van der Waals surface area contributed by atoms with Crippen LogP contribution in [0.1, 0.15) is 48.5 Å². The summed E-state index contributed by atoms with van der Waals surface area (Å²) in [7, 11) is 1.98. The van der Waals surface area contributed by atoms with Crippen molar-refractivity contribution in [2.24, 2.45) is 0 Å². The Labute approximate surface area is 176 Å². The third-order valence-corrected chi connectivity index (χ3v) is 4.95. The van der Waals surface area contributed by atoms with E-state index in [1.165, 1.54) is 0 Å². The van der Waals surface area contributed by atoms with E-state index < -0.39 is 0 Å². The molecule has 0 spiro atoms. The molecule has 0 aromatic heterocycles. The molecule has 0 aliphatic rings. The van der Waals surface area contributed by atoms with Gasteiger partial charge in [0.25, 0.3) is 0 Å². The average molecular weight is 446 g/mol. The van der Waals surface area contributed by atoms with Crippen LogP contribution in [-0.2, 0) is 4.79 Å². The van der Waals surface area contributed by atoms with E-state index >= 15 is 0 Å². The maximum Gasteiger partial charge on any atom is 0.193 e. The van der Waals surface area contributed by atoms with Crippen LogP contribution in [0.3, 0.4) is 0 Å². The summed E-state index contributed by atoms with van der Waals surface area (Å²) in [4.78, 5) is 25.6. The zero-order valence-electron chi connectivity index (χ0n) is 16.6. The number of ketones is 2. The lowest BCUT2D eigenvalue weighted by Crippen LogP contribution is -2.25. The van der Waals surface area contributed by atoms with E-state index in [1.54, 1.807) is 6.92 Å². The molecule has 2 aromatic rings. The number of halogens is 1. The summed E-state index contributed by atoms with van der Waals surface area (Å²) in [6.45, 7) is 3.78. The molecule has 0 fully saturated rings. The van der Waals surface area contributed by atoms with E-state index in [0.717, 1.165) is 42.5 Å². The molecule has 0 aliphatic carbocycles. The molecule has 0 N–H and O–H groups in total. The van der Waals surface area contributed by atoms with Gasteiger partial charge in [-0.15, -0.1) is 0 Å². The van der Waals surface area contributed by atoms with Crippen molar-refractivity contribution >= 4 is 27.5 Å². The molecule has 0 aliphatic heterocycles. The second-order valence-corrected chi connectivity index (χ2v) is 7.98. The van der Waals surface area contributed by atoms with Crippen molar-refractivity contribution in [1.82, 2.24) is 4.90 Å². The number of Topliss-reactive ketones (excluding diaryl/α,β-unsaturated/α-hetero) is 1. The van der Waals surface area contributed by atoms with E-state index in [9.17, 15) is 9.59 Å². The van der Waals surface area contributed by atoms with Gasteiger partial charge in [-0.3, -0.25) is 14.5 Å². The van der Waals surface area contributed by atoms with Gasteiger partial charge in [0.2, 0.25) is 0 Å². The molecule has 4 nitrogen and oxygen atoms in total. The van der Waals surface area contributed by atoms with E-state index in [1.807, 2.05) is 55.6 Å². The summed E-state index contributed by atoms with van der Waals surface area (Å²) in [6, 6.07) is 14.7. The summed E-state index contributed by atoms with van der Waals surface area (Å²) >= 11 is 3.38. The minimum atomic E-state index is 0.00814. The number of hydrogen-bond donors (Lipinski definition) is 0. The number of likely N-dealkylation sites (N-methyl/N-ethyl adjacent to an activating group) is 1. The van der Waals surface area contributed by atoms with Gasteiger partial charge >= 0.3 is 0 Å². The highest BCUT2D eigenvalue weighted by Gasteiger charge is 2.09. The molecule has 0 saturated heterocycles. The fourth-order valence-corrected chi connectivity index (χ4v) is 3.22. The van der Waals surface area contributed by atoms with E-state index in [4.69, 9.17) is 4.74 Å². The van der Waals surface area contributed by atoms with Crippen molar-refractivity contribution in [1.29, 1.82) is 0 Å². The number of benzene rings is 2. The second kappa shape index (κ2) is 11.8. The second-order valence-electron chi connectivity index (χ2n) is 7.06. The molecule has 0 atom stereocenters. The number of nitrogens with zero attached hydrogens (tertiary/aromatic N) is 1. The Morgan fingerprint density at radius 2 is 1.46 bits per heavy atom. The van der Waals surface area contributed by atoms with Crippen LogP contribution in [0.2, 0.25) is 0 Å². The smallest absolute Gasteiger partial charge is 0.193 e. The van der Waals surface area contributed by atoms with Gasteiger partial charge in [-0.25, -0.2) is 0 Å². The molecular weight excluding hydrogens is 418 g/mol. The molecular formula is C23H28BrNO3. The summed E-state index contributed by atoms with van der Waals surface area (Å²) in [6.07, 6.45) is 4.33. The largest absolute Gasteiger partial charge is 0.494 e. The molecule has 5 heteroatoms. The fraction of sp³-hybridized carbons (Fsp3) is 0.391. The predicted molar refractivity (Wildman–Crippen MR) is 116 cm³/mol. The molecule has 0 bridgehead atoms.